The van der Waals surface area contributed by atoms with Gasteiger partial charge in [0.25, 0.3) is 0 Å². The molecule has 0 atom stereocenters. The van der Waals surface area contributed by atoms with Gasteiger partial charge in [0.2, 0.25) is 0 Å². The van der Waals surface area contributed by atoms with Gasteiger partial charge in [0.1, 0.15) is 0 Å². The molecular weight excluding hydrogens is 139 g/mol. The zero-order valence-corrected chi connectivity index (χ0v) is 6.52. The molecule has 1 aromatic carbocycles. The van der Waals surface area contributed by atoms with Crippen LogP contribution >= 0.6 is 12.2 Å². The van der Waals surface area contributed by atoms with E-state index in [1.807, 2.05) is 6.07 Å². The molecule has 0 aliphatic rings. The molecule has 0 unspecified atom stereocenters. The summed E-state index contributed by atoms with van der Waals surface area (Å²) in [6, 6.07) is 8.84. The molecule has 0 aliphatic carbocycles. The Kier molecular flexibility index (Phi) is 4.38. The molecule has 0 heterocycles. The minimum atomic E-state index is -0.296. The Hall–Kier alpha value is -0.293. The van der Waals surface area contributed by atoms with Crippen molar-refractivity contribution in [1.82, 2.24) is 0 Å². The van der Waals surface area contributed by atoms with Gasteiger partial charge in [-0.2, -0.15) is 0 Å². The molecule has 0 radical (unpaired) electrons. The molecule has 46 valence electrons. The fourth-order valence-corrected chi connectivity index (χ4v) is 0.710. The van der Waals surface area contributed by atoms with E-state index in [1.165, 1.54) is 0 Å². The van der Waals surface area contributed by atoms with Crippen molar-refractivity contribution in [2.24, 2.45) is 0 Å². The molecule has 3 heteroatoms. The summed E-state index contributed by atoms with van der Waals surface area (Å²) < 4.78 is 0. The summed E-state index contributed by atoms with van der Waals surface area (Å²) >= 11 is 4.41. The SMILES string of the molecule is [Li+].[O-]C(=S)c1ccccc1. The molecule has 0 fully saturated rings. The maximum atomic E-state index is 10.5. The molecule has 1 aromatic rings. The Balaban J connectivity index is 0.000000810. The van der Waals surface area contributed by atoms with Crippen molar-refractivity contribution in [3.8, 4) is 0 Å². The van der Waals surface area contributed by atoms with Gasteiger partial charge in [-0.1, -0.05) is 42.5 Å². The van der Waals surface area contributed by atoms with Gasteiger partial charge < -0.3 is 5.11 Å². The zero-order chi connectivity index (χ0) is 6.69. The van der Waals surface area contributed by atoms with E-state index in [0.717, 1.165) is 0 Å². The van der Waals surface area contributed by atoms with E-state index in [4.69, 9.17) is 0 Å². The normalized spacial score (nSPS) is 8.00. The fourth-order valence-electron chi connectivity index (χ4n) is 0.574. The molecule has 0 N–H and O–H groups in total. The predicted octanol–water partition coefficient (Wildman–Crippen LogP) is -2.27. The third-order valence-corrected chi connectivity index (χ3v) is 1.25. The molecule has 0 bridgehead atoms. The minimum Gasteiger partial charge on any atom is -0.864 e. The largest absolute Gasteiger partial charge is 1.00 e. The molecule has 1 rings (SSSR count). The molecule has 0 saturated heterocycles. The van der Waals surface area contributed by atoms with Crippen LogP contribution in [0.5, 0.6) is 0 Å². The maximum absolute atomic E-state index is 10.5. The Labute approximate surface area is 77.2 Å². The van der Waals surface area contributed by atoms with Crippen LogP contribution in [0.3, 0.4) is 0 Å². The second kappa shape index (κ2) is 4.51. The number of benzene rings is 1. The summed E-state index contributed by atoms with van der Waals surface area (Å²) in [4.78, 5) is 0. The molecule has 0 spiro atoms. The second-order valence-corrected chi connectivity index (χ2v) is 2.02. The Bertz CT molecular complexity index is 210. The molecule has 0 aliphatic heterocycles. The van der Waals surface area contributed by atoms with Gasteiger partial charge in [-0.25, -0.2) is 0 Å². The monoisotopic (exact) mass is 144 g/mol. The van der Waals surface area contributed by atoms with Crippen molar-refractivity contribution >= 4 is 17.3 Å². The van der Waals surface area contributed by atoms with Crippen LogP contribution in [0.15, 0.2) is 30.3 Å². The van der Waals surface area contributed by atoms with Gasteiger partial charge in [-0.05, 0) is 10.6 Å². The van der Waals surface area contributed by atoms with Gasteiger partial charge >= 0.3 is 18.9 Å². The van der Waals surface area contributed by atoms with Gasteiger partial charge in [0, 0.05) is 0 Å². The van der Waals surface area contributed by atoms with E-state index in [-0.39, 0.29) is 23.9 Å². The molecular formula is C7H5LiOS. The van der Waals surface area contributed by atoms with Crippen molar-refractivity contribution in [2.45, 2.75) is 0 Å². The van der Waals surface area contributed by atoms with E-state index in [9.17, 15) is 5.11 Å². The number of rotatable bonds is 1. The van der Waals surface area contributed by atoms with Crippen LogP contribution in [0.25, 0.3) is 0 Å². The summed E-state index contributed by atoms with van der Waals surface area (Å²) in [6.45, 7) is 0. The van der Waals surface area contributed by atoms with E-state index in [1.54, 1.807) is 24.3 Å². The summed E-state index contributed by atoms with van der Waals surface area (Å²) in [5, 5.41) is 10.2. The summed E-state index contributed by atoms with van der Waals surface area (Å²) in [6.07, 6.45) is 0. The van der Waals surface area contributed by atoms with Crippen molar-refractivity contribution in [3.05, 3.63) is 35.9 Å². The maximum Gasteiger partial charge on any atom is 1.00 e. The first-order chi connectivity index (χ1) is 4.30. The van der Waals surface area contributed by atoms with Crippen LogP contribution in [0, 0.1) is 0 Å². The van der Waals surface area contributed by atoms with Gasteiger partial charge in [0.15, 0.2) is 0 Å². The van der Waals surface area contributed by atoms with Crippen LogP contribution in [0.1, 0.15) is 5.56 Å². The molecule has 10 heavy (non-hydrogen) atoms. The van der Waals surface area contributed by atoms with Crippen LogP contribution in [0.4, 0.5) is 0 Å². The first-order valence-electron chi connectivity index (χ1n) is 2.57. The van der Waals surface area contributed by atoms with E-state index in [2.05, 4.69) is 12.2 Å². The third kappa shape index (κ3) is 2.53. The first kappa shape index (κ1) is 9.71. The average molecular weight is 144 g/mol. The third-order valence-electron chi connectivity index (χ3n) is 1.01. The van der Waals surface area contributed by atoms with Crippen LogP contribution in [-0.4, -0.2) is 5.05 Å². The van der Waals surface area contributed by atoms with Crippen molar-refractivity contribution < 1.29 is 24.0 Å². The summed E-state index contributed by atoms with van der Waals surface area (Å²) in [7, 11) is 0. The average Bonchev–Trinajstić information content (AvgIpc) is 1.90. The van der Waals surface area contributed by atoms with Gasteiger partial charge in [-0.3, -0.25) is 0 Å². The zero-order valence-electron chi connectivity index (χ0n) is 5.70. The second-order valence-electron chi connectivity index (χ2n) is 1.65. The Morgan fingerprint density at radius 2 is 1.70 bits per heavy atom. The minimum absolute atomic E-state index is 0. The molecule has 1 nitrogen and oxygen atoms in total. The molecule has 0 aromatic heterocycles. The van der Waals surface area contributed by atoms with Crippen LogP contribution in [0.2, 0.25) is 0 Å². The van der Waals surface area contributed by atoms with Crippen molar-refractivity contribution in [3.63, 3.8) is 0 Å². The fraction of sp³-hybridized carbons (Fsp3) is 0. The first-order valence-corrected chi connectivity index (χ1v) is 2.98. The van der Waals surface area contributed by atoms with Crippen molar-refractivity contribution in [1.29, 1.82) is 0 Å². The topological polar surface area (TPSA) is 23.1 Å². The van der Waals surface area contributed by atoms with Crippen molar-refractivity contribution in [2.75, 3.05) is 0 Å². The Morgan fingerprint density at radius 3 is 2.00 bits per heavy atom. The number of thiocarbonyl (C=S) groups is 1. The van der Waals surface area contributed by atoms with E-state index < -0.39 is 0 Å². The predicted molar refractivity (Wildman–Crippen MR) is 38.1 cm³/mol. The molecule has 0 saturated carbocycles. The van der Waals surface area contributed by atoms with E-state index in [0.29, 0.717) is 5.56 Å². The standard InChI is InChI=1S/C7H6OS.Li/c8-7(9)6-4-2-1-3-5-6;/h1-5H,(H,8,9);/q;+1/p-1. The summed E-state index contributed by atoms with van der Waals surface area (Å²) in [5.41, 5.74) is 0.590. The Morgan fingerprint density at radius 1 is 1.20 bits per heavy atom. The molecule has 0 amide bonds. The number of hydrogen-bond acceptors (Lipinski definition) is 2. The summed E-state index contributed by atoms with van der Waals surface area (Å²) in [5.74, 6) is 0. The number of hydrogen-bond donors (Lipinski definition) is 0. The van der Waals surface area contributed by atoms with Gasteiger partial charge in [-0.15, -0.1) is 0 Å². The van der Waals surface area contributed by atoms with Gasteiger partial charge in [0.05, 0.1) is 0 Å². The van der Waals surface area contributed by atoms with Crippen LogP contribution < -0.4 is 24.0 Å². The van der Waals surface area contributed by atoms with E-state index >= 15 is 0 Å². The quantitative estimate of drug-likeness (QED) is 0.327. The smallest absolute Gasteiger partial charge is 0.864 e. The van der Waals surface area contributed by atoms with Crippen LogP contribution in [-0.2, 0) is 0 Å².